The summed E-state index contributed by atoms with van der Waals surface area (Å²) in [7, 11) is -5.08. The molecule has 12 nitrogen and oxygen atoms in total. The lowest BCUT2D eigenvalue weighted by Crippen LogP contribution is -2.60. The molecular formula is C61H104O12S. The van der Waals surface area contributed by atoms with Crippen molar-refractivity contribution in [1.82, 2.24) is 0 Å². The Morgan fingerprint density at radius 1 is 0.527 bits per heavy atom. The number of ether oxygens (including phenoxy) is 4. The van der Waals surface area contributed by atoms with Crippen LogP contribution in [-0.2, 0) is 38.3 Å². The highest BCUT2D eigenvalue weighted by Crippen LogP contribution is 2.26. The number of carbonyl (C=O) groups excluding carboxylic acids is 1. The first-order chi connectivity index (χ1) is 36.1. The standard InChI is InChI=1S/C61H104O12S/c1-3-5-7-9-11-13-15-17-19-21-23-25-27-28-29-30-32-34-36-38-40-42-44-46-48-50-57(63)71-55(54-70-61-59(65)60(73-74(66,67)68)58(64)56(52-62)72-61)53-69-51-49-47-45-43-41-39-37-35-33-31-26-24-22-20-18-16-14-12-10-8-6-4-2/h5,7,11,13,17,19,22-25,28-29,32,34,38,40,55-56,58-62,64-65H,3-4,6,8-10,12,14-16,18,20-21,26-27,30-31,33,35-37,39,41-54H2,1-2H3,(H,66,67,68)/b7-5-,13-11-,19-17-,24-22-,25-23-,29-28-,34-32-,40-38-. The van der Waals surface area contributed by atoms with Gasteiger partial charge in [-0.15, -0.1) is 0 Å². The Morgan fingerprint density at radius 2 is 0.932 bits per heavy atom. The van der Waals surface area contributed by atoms with Gasteiger partial charge in [0.1, 0.15) is 30.5 Å². The van der Waals surface area contributed by atoms with Crippen LogP contribution in [0.1, 0.15) is 219 Å². The molecule has 4 N–H and O–H groups in total. The van der Waals surface area contributed by atoms with Crippen molar-refractivity contribution in [3.05, 3.63) is 97.2 Å². The fourth-order valence-electron chi connectivity index (χ4n) is 8.35. The van der Waals surface area contributed by atoms with Gasteiger partial charge in [0, 0.05) is 13.0 Å². The summed E-state index contributed by atoms with van der Waals surface area (Å²) in [5.41, 5.74) is 0. The summed E-state index contributed by atoms with van der Waals surface area (Å²) in [4.78, 5) is 13.0. The minimum Gasteiger partial charge on any atom is -0.457 e. The minimum absolute atomic E-state index is 0.0160. The molecule has 0 amide bonds. The lowest BCUT2D eigenvalue weighted by molar-refractivity contribution is -0.301. The Morgan fingerprint density at radius 3 is 1.38 bits per heavy atom. The molecular weight excluding hydrogens is 957 g/mol. The van der Waals surface area contributed by atoms with Crippen LogP contribution in [-0.4, -0.2) is 97.5 Å². The number of rotatable bonds is 50. The van der Waals surface area contributed by atoms with Gasteiger partial charge in [-0.1, -0.05) is 214 Å². The summed E-state index contributed by atoms with van der Waals surface area (Å²) in [5.74, 6) is -0.432. The molecule has 426 valence electrons. The van der Waals surface area contributed by atoms with Gasteiger partial charge in [-0.3, -0.25) is 9.35 Å². The van der Waals surface area contributed by atoms with E-state index in [-0.39, 0.29) is 19.6 Å². The summed E-state index contributed by atoms with van der Waals surface area (Å²) in [5, 5.41) is 30.8. The fraction of sp³-hybridized carbons (Fsp3) is 0.721. The molecule has 6 unspecified atom stereocenters. The van der Waals surface area contributed by atoms with E-state index in [2.05, 4.69) is 115 Å². The lowest BCUT2D eigenvalue weighted by Gasteiger charge is -2.41. The van der Waals surface area contributed by atoms with Crippen LogP contribution in [0.5, 0.6) is 0 Å². The van der Waals surface area contributed by atoms with Crippen molar-refractivity contribution in [3.63, 3.8) is 0 Å². The summed E-state index contributed by atoms with van der Waals surface area (Å²) in [6, 6.07) is 0. The highest BCUT2D eigenvalue weighted by molar-refractivity contribution is 7.80. The van der Waals surface area contributed by atoms with E-state index >= 15 is 0 Å². The third-order valence-electron chi connectivity index (χ3n) is 12.7. The molecule has 1 aliphatic heterocycles. The summed E-state index contributed by atoms with van der Waals surface area (Å²) in [6.45, 7) is 3.84. The monoisotopic (exact) mass is 1060 g/mol. The number of hydrogen-bond acceptors (Lipinski definition) is 11. The van der Waals surface area contributed by atoms with Crippen molar-refractivity contribution in [1.29, 1.82) is 0 Å². The van der Waals surface area contributed by atoms with Gasteiger partial charge in [-0.25, -0.2) is 4.18 Å². The molecule has 0 aromatic rings. The maximum absolute atomic E-state index is 13.0. The Balaban J connectivity index is 2.35. The van der Waals surface area contributed by atoms with Crippen LogP contribution >= 0.6 is 0 Å². The van der Waals surface area contributed by atoms with Crippen LogP contribution in [0.25, 0.3) is 0 Å². The maximum Gasteiger partial charge on any atom is 0.397 e. The lowest BCUT2D eigenvalue weighted by atomic mass is 9.99. The van der Waals surface area contributed by atoms with E-state index in [1.165, 1.54) is 109 Å². The second kappa shape index (κ2) is 50.8. The molecule has 1 aliphatic rings. The predicted octanol–water partition coefficient (Wildman–Crippen LogP) is 14.5. The molecule has 6 atom stereocenters. The topological polar surface area (TPSA) is 178 Å². The first kappa shape index (κ1) is 69.0. The van der Waals surface area contributed by atoms with Crippen LogP contribution < -0.4 is 0 Å². The van der Waals surface area contributed by atoms with E-state index in [4.69, 9.17) is 18.9 Å². The van der Waals surface area contributed by atoms with Gasteiger partial charge in [0.15, 0.2) is 6.29 Å². The van der Waals surface area contributed by atoms with Gasteiger partial charge in [0.25, 0.3) is 0 Å². The first-order valence-corrected chi connectivity index (χ1v) is 30.4. The number of hydrogen-bond donors (Lipinski definition) is 4. The molecule has 1 saturated heterocycles. The normalized spacial score (nSPS) is 19.5. The van der Waals surface area contributed by atoms with Crippen molar-refractivity contribution in [2.24, 2.45) is 0 Å². The second-order valence-electron chi connectivity index (χ2n) is 19.5. The Bertz CT molecular complexity index is 1650. The summed E-state index contributed by atoms with van der Waals surface area (Å²) >= 11 is 0. The summed E-state index contributed by atoms with van der Waals surface area (Å²) < 4.78 is 59.4. The van der Waals surface area contributed by atoms with Crippen LogP contribution in [0, 0.1) is 0 Å². The summed E-state index contributed by atoms with van der Waals surface area (Å²) in [6.07, 6.45) is 61.6. The van der Waals surface area contributed by atoms with Gasteiger partial charge >= 0.3 is 16.4 Å². The van der Waals surface area contributed by atoms with Crippen molar-refractivity contribution in [3.8, 4) is 0 Å². The zero-order valence-electron chi connectivity index (χ0n) is 46.1. The maximum atomic E-state index is 13.0. The van der Waals surface area contributed by atoms with Gasteiger partial charge in [0.2, 0.25) is 0 Å². The minimum atomic E-state index is -5.08. The number of allylic oxidation sites excluding steroid dienone is 16. The molecule has 0 aromatic heterocycles. The van der Waals surface area contributed by atoms with Crippen molar-refractivity contribution >= 4 is 16.4 Å². The largest absolute Gasteiger partial charge is 0.457 e. The Labute approximate surface area is 450 Å². The van der Waals surface area contributed by atoms with Crippen molar-refractivity contribution < 1.29 is 56.2 Å². The molecule has 1 heterocycles. The van der Waals surface area contributed by atoms with Crippen LogP contribution in [0.3, 0.4) is 0 Å². The molecule has 0 aromatic carbocycles. The molecule has 0 spiro atoms. The van der Waals surface area contributed by atoms with Crippen molar-refractivity contribution in [2.45, 2.75) is 256 Å². The molecule has 0 radical (unpaired) electrons. The second-order valence-corrected chi connectivity index (χ2v) is 20.5. The number of esters is 1. The number of aliphatic hydroxyl groups excluding tert-OH is 3. The average Bonchev–Trinajstić information content (AvgIpc) is 3.38. The Hall–Kier alpha value is -2.98. The number of unbranched alkanes of at least 4 members (excludes halogenated alkanes) is 21. The predicted molar refractivity (Wildman–Crippen MR) is 303 cm³/mol. The average molecular weight is 1060 g/mol. The van der Waals surface area contributed by atoms with Crippen LogP contribution in [0.15, 0.2) is 97.2 Å². The quantitative estimate of drug-likeness (QED) is 0.0196. The van der Waals surface area contributed by atoms with Crippen LogP contribution in [0.4, 0.5) is 0 Å². The zero-order valence-corrected chi connectivity index (χ0v) is 46.9. The molecule has 1 rings (SSSR count). The van der Waals surface area contributed by atoms with E-state index in [0.717, 1.165) is 83.5 Å². The molecule has 0 saturated carbocycles. The van der Waals surface area contributed by atoms with E-state index in [1.54, 1.807) is 0 Å². The molecule has 74 heavy (non-hydrogen) atoms. The van der Waals surface area contributed by atoms with Gasteiger partial charge in [-0.2, -0.15) is 8.42 Å². The number of carbonyl (C=O) groups is 1. The highest BCUT2D eigenvalue weighted by atomic mass is 32.3. The Kier molecular flexibility index (Phi) is 47.4. The molecule has 0 aliphatic carbocycles. The smallest absolute Gasteiger partial charge is 0.397 e. The fourth-order valence-corrected chi connectivity index (χ4v) is 8.86. The van der Waals surface area contributed by atoms with E-state index in [0.29, 0.717) is 13.0 Å². The van der Waals surface area contributed by atoms with E-state index < -0.39 is 59.8 Å². The molecule has 13 heteroatoms. The van der Waals surface area contributed by atoms with Gasteiger partial charge in [0.05, 0.1) is 19.8 Å². The highest BCUT2D eigenvalue weighted by Gasteiger charge is 2.48. The van der Waals surface area contributed by atoms with E-state index in [1.807, 2.05) is 0 Å². The number of aliphatic hydroxyl groups is 3. The van der Waals surface area contributed by atoms with Gasteiger partial charge in [-0.05, 0) is 96.3 Å². The van der Waals surface area contributed by atoms with Gasteiger partial charge < -0.3 is 34.3 Å². The zero-order chi connectivity index (χ0) is 53.8. The van der Waals surface area contributed by atoms with Crippen molar-refractivity contribution in [2.75, 3.05) is 26.4 Å². The molecule has 0 bridgehead atoms. The third kappa shape index (κ3) is 43.2. The first-order valence-electron chi connectivity index (χ1n) is 29.0. The van der Waals surface area contributed by atoms with Crippen LogP contribution in [0.2, 0.25) is 0 Å². The SMILES string of the molecule is CC/C=C\C/C=C\C/C=C\C/C=C\C/C=C\C/C=C\C/C=C\CCCCCC(=O)OC(COCCCCCCCCCCCC/C=C\CCCCCCCCCC)COC1OC(CO)C(O)C(OS(=O)(=O)O)C1O. The third-order valence-corrected chi connectivity index (χ3v) is 13.2. The van der Waals surface area contributed by atoms with E-state index in [9.17, 15) is 33.1 Å². The molecule has 1 fully saturated rings.